The molecule has 12 nitrogen and oxygen atoms in total. The maximum atomic E-state index is 13.6. The molecule has 4 aromatic carbocycles. The first-order valence-electron chi connectivity index (χ1n) is 18.3. The number of carbonyl (C=O) groups excluding carboxylic acids is 4. The highest BCUT2D eigenvalue weighted by molar-refractivity contribution is 5.90. The van der Waals surface area contributed by atoms with Crippen molar-refractivity contribution in [3.63, 3.8) is 0 Å². The van der Waals surface area contributed by atoms with Gasteiger partial charge in [-0.3, -0.25) is 19.2 Å². The second-order valence-corrected chi connectivity index (χ2v) is 13.6. The number of benzene rings is 4. The number of H-pyrrole nitrogens is 4. The Bertz CT molecular complexity index is 2500. The van der Waals surface area contributed by atoms with Crippen molar-refractivity contribution in [2.75, 3.05) is 13.2 Å². The van der Waals surface area contributed by atoms with Crippen LogP contribution in [-0.4, -0.2) is 69.2 Å². The predicted molar refractivity (Wildman–Crippen MR) is 210 cm³/mol. The Labute approximate surface area is 320 Å². The van der Waals surface area contributed by atoms with Crippen LogP contribution < -0.4 is 0 Å². The minimum Gasteiger partial charge on any atom is -0.461 e. The van der Waals surface area contributed by atoms with Gasteiger partial charge >= 0.3 is 23.9 Å². The first-order chi connectivity index (χ1) is 27.4. The van der Waals surface area contributed by atoms with Gasteiger partial charge in [0, 0.05) is 68.4 Å². The molecule has 282 valence electrons. The number of fused-ring (bicyclic) bond motifs is 4. The molecule has 0 radical (unpaired) electrons. The number of aromatic amines is 4. The Hall–Kier alpha value is -7.08. The van der Waals surface area contributed by atoms with Crippen molar-refractivity contribution in [1.82, 2.24) is 19.9 Å². The smallest absolute Gasteiger partial charge is 0.310 e. The van der Waals surface area contributed by atoms with E-state index in [9.17, 15) is 19.2 Å². The number of carbonyl (C=O) groups is 4. The van der Waals surface area contributed by atoms with Crippen LogP contribution in [0, 0.1) is 0 Å². The Balaban J connectivity index is 1.03. The molecule has 0 saturated carbocycles. The van der Waals surface area contributed by atoms with Crippen LogP contribution in [0.4, 0.5) is 0 Å². The maximum Gasteiger partial charge on any atom is 0.310 e. The molecule has 4 aromatic heterocycles. The molecule has 4 N–H and O–H groups in total. The number of hydrogen-bond donors (Lipinski definition) is 4. The zero-order valence-electron chi connectivity index (χ0n) is 30.2. The number of hydrogen-bond acceptors (Lipinski definition) is 8. The van der Waals surface area contributed by atoms with Crippen molar-refractivity contribution < 1.29 is 38.1 Å². The van der Waals surface area contributed by atoms with Gasteiger partial charge in [0.2, 0.25) is 0 Å². The summed E-state index contributed by atoms with van der Waals surface area (Å²) in [4.78, 5) is 66.5. The molecule has 0 aliphatic rings. The summed E-state index contributed by atoms with van der Waals surface area (Å²) < 4.78 is 23.4. The SMILES string of the molecule is O=C(Cc1c[nH]c2ccccc12)OC[C@H](OC(=O)Cc1c[nH]c2ccccc12)[C@@H](COC(=O)Cc1c[nH]c2ccccc12)OC(=O)Cc1c[nH]c2ccccc12. The molecule has 0 aliphatic heterocycles. The second-order valence-electron chi connectivity index (χ2n) is 13.6. The lowest BCUT2D eigenvalue weighted by Crippen LogP contribution is -2.43. The van der Waals surface area contributed by atoms with Crippen molar-refractivity contribution in [2.45, 2.75) is 37.9 Å². The highest BCUT2D eigenvalue weighted by atomic mass is 16.6. The third-order valence-corrected chi connectivity index (χ3v) is 9.84. The van der Waals surface area contributed by atoms with Crippen LogP contribution >= 0.6 is 0 Å². The average molecular weight is 751 g/mol. The van der Waals surface area contributed by atoms with Crippen LogP contribution in [0.25, 0.3) is 43.6 Å². The summed E-state index contributed by atoms with van der Waals surface area (Å²) in [7, 11) is 0. The van der Waals surface area contributed by atoms with Crippen molar-refractivity contribution in [3.05, 3.63) is 144 Å². The number of esters is 4. The van der Waals surface area contributed by atoms with Gasteiger partial charge in [-0.25, -0.2) is 0 Å². The zero-order chi connectivity index (χ0) is 38.4. The van der Waals surface area contributed by atoms with Gasteiger partial charge in [0.15, 0.2) is 12.2 Å². The fraction of sp³-hybridized carbons (Fsp3) is 0.182. The topological polar surface area (TPSA) is 168 Å². The third-order valence-electron chi connectivity index (χ3n) is 9.84. The molecule has 56 heavy (non-hydrogen) atoms. The van der Waals surface area contributed by atoms with E-state index < -0.39 is 49.3 Å². The molecule has 0 spiro atoms. The molecular formula is C44H38N4O8. The fourth-order valence-electron chi connectivity index (χ4n) is 7.04. The monoisotopic (exact) mass is 750 g/mol. The van der Waals surface area contributed by atoms with Gasteiger partial charge in [0.05, 0.1) is 25.7 Å². The van der Waals surface area contributed by atoms with Crippen LogP contribution in [0.1, 0.15) is 22.3 Å². The van der Waals surface area contributed by atoms with Crippen molar-refractivity contribution in [3.8, 4) is 0 Å². The standard InChI is InChI=1S/C44H38N4O8/c49-41(17-27-21-45-35-13-5-1-9-31(27)35)53-25-39(55-43(51)19-29-23-47-37-15-7-3-11-33(29)37)40(56-44(52)20-30-24-48-38-16-8-4-12-34(30)38)26-54-42(50)18-28-22-46-36-14-6-2-10-32(28)36/h1-16,21-24,39-40,45-48H,17-20,25-26H2/t39-,40+. The molecule has 2 atom stereocenters. The Morgan fingerprint density at radius 2 is 0.661 bits per heavy atom. The summed E-state index contributed by atoms with van der Waals surface area (Å²) in [6.07, 6.45) is 3.91. The average Bonchev–Trinajstić information content (AvgIpc) is 4.02. The predicted octanol–water partition coefficient (Wildman–Crippen LogP) is 6.79. The van der Waals surface area contributed by atoms with Gasteiger partial charge in [0.25, 0.3) is 0 Å². The molecule has 0 fully saturated rings. The van der Waals surface area contributed by atoms with Crippen LogP contribution in [-0.2, 0) is 63.8 Å². The molecule has 0 amide bonds. The van der Waals surface area contributed by atoms with E-state index in [1.807, 2.05) is 97.1 Å². The lowest BCUT2D eigenvalue weighted by molar-refractivity contribution is -0.181. The van der Waals surface area contributed by atoms with Gasteiger partial charge in [-0.1, -0.05) is 72.8 Å². The van der Waals surface area contributed by atoms with E-state index in [2.05, 4.69) is 19.9 Å². The minimum atomic E-state index is -1.33. The number of aromatic nitrogens is 4. The number of para-hydroxylation sites is 4. The van der Waals surface area contributed by atoms with Gasteiger partial charge in [-0.15, -0.1) is 0 Å². The van der Waals surface area contributed by atoms with Crippen molar-refractivity contribution in [2.24, 2.45) is 0 Å². The molecule has 12 heteroatoms. The largest absolute Gasteiger partial charge is 0.461 e. The highest BCUT2D eigenvalue weighted by Gasteiger charge is 2.33. The lowest BCUT2D eigenvalue weighted by atomic mass is 10.1. The molecule has 0 bridgehead atoms. The van der Waals surface area contributed by atoms with Crippen LogP contribution in [0.2, 0.25) is 0 Å². The number of nitrogens with one attached hydrogen (secondary N) is 4. The summed E-state index contributed by atoms with van der Waals surface area (Å²) in [6.45, 7) is -0.933. The molecule has 0 aliphatic carbocycles. The Morgan fingerprint density at radius 1 is 0.393 bits per heavy atom. The van der Waals surface area contributed by atoms with E-state index in [1.54, 1.807) is 24.8 Å². The number of ether oxygens (including phenoxy) is 4. The van der Waals surface area contributed by atoms with Crippen LogP contribution in [0.15, 0.2) is 122 Å². The fourth-order valence-corrected chi connectivity index (χ4v) is 7.04. The normalized spacial score (nSPS) is 12.5. The zero-order valence-corrected chi connectivity index (χ0v) is 30.2. The van der Waals surface area contributed by atoms with Crippen molar-refractivity contribution in [1.29, 1.82) is 0 Å². The van der Waals surface area contributed by atoms with Crippen LogP contribution in [0.5, 0.6) is 0 Å². The van der Waals surface area contributed by atoms with Gasteiger partial charge in [0.1, 0.15) is 13.2 Å². The van der Waals surface area contributed by atoms with Crippen LogP contribution in [0.3, 0.4) is 0 Å². The molecule has 0 unspecified atom stereocenters. The van der Waals surface area contributed by atoms with E-state index in [1.165, 1.54) is 0 Å². The number of rotatable bonds is 15. The summed E-state index contributed by atoms with van der Waals surface area (Å²) >= 11 is 0. The highest BCUT2D eigenvalue weighted by Crippen LogP contribution is 2.23. The molecule has 8 rings (SSSR count). The first-order valence-corrected chi connectivity index (χ1v) is 18.3. The molecule has 0 saturated heterocycles. The van der Waals surface area contributed by atoms with E-state index in [-0.39, 0.29) is 25.7 Å². The van der Waals surface area contributed by atoms with E-state index >= 15 is 0 Å². The Morgan fingerprint density at radius 3 is 0.964 bits per heavy atom. The third kappa shape index (κ3) is 8.04. The summed E-state index contributed by atoms with van der Waals surface area (Å²) in [6, 6.07) is 30.2. The van der Waals surface area contributed by atoms with Gasteiger partial charge in [-0.2, -0.15) is 0 Å². The second kappa shape index (κ2) is 16.1. The molecular weight excluding hydrogens is 713 g/mol. The molecule has 4 heterocycles. The van der Waals surface area contributed by atoms with E-state index in [0.717, 1.165) is 54.7 Å². The summed E-state index contributed by atoms with van der Waals surface area (Å²) in [5, 5.41) is 3.44. The summed E-state index contributed by atoms with van der Waals surface area (Å²) in [5.74, 6) is -2.49. The summed E-state index contributed by atoms with van der Waals surface area (Å²) in [5.41, 5.74) is 6.29. The first kappa shape index (κ1) is 35.9. The van der Waals surface area contributed by atoms with Gasteiger partial charge in [-0.05, 0) is 46.5 Å². The minimum absolute atomic E-state index is 0.0648. The Kier molecular flexibility index (Phi) is 10.3. The van der Waals surface area contributed by atoms with Crippen molar-refractivity contribution >= 4 is 67.5 Å². The lowest BCUT2D eigenvalue weighted by Gasteiger charge is -2.26. The maximum absolute atomic E-state index is 13.6. The molecule has 8 aromatic rings. The van der Waals surface area contributed by atoms with Gasteiger partial charge < -0.3 is 38.9 Å². The van der Waals surface area contributed by atoms with E-state index in [0.29, 0.717) is 11.1 Å². The quantitative estimate of drug-likeness (QED) is 0.0656. The van der Waals surface area contributed by atoms with E-state index in [4.69, 9.17) is 18.9 Å².